The van der Waals surface area contributed by atoms with Crippen molar-refractivity contribution >= 4 is 10.2 Å². The van der Waals surface area contributed by atoms with Gasteiger partial charge in [0.1, 0.15) is 0 Å². The summed E-state index contributed by atoms with van der Waals surface area (Å²) < 4.78 is 27.6. The molecular formula is C8H16N4O2S. The van der Waals surface area contributed by atoms with Crippen molar-refractivity contribution in [2.75, 3.05) is 6.54 Å². The Morgan fingerprint density at radius 2 is 2.20 bits per heavy atom. The van der Waals surface area contributed by atoms with Gasteiger partial charge in [0.2, 0.25) is 0 Å². The minimum Gasteiger partial charge on any atom is -0.285 e. The maximum absolute atomic E-state index is 11.4. The van der Waals surface area contributed by atoms with Gasteiger partial charge >= 0.3 is 0 Å². The van der Waals surface area contributed by atoms with Crippen LogP contribution in [0.4, 0.5) is 0 Å². The Labute approximate surface area is 89.6 Å². The van der Waals surface area contributed by atoms with Crippen molar-refractivity contribution in [2.24, 2.45) is 5.92 Å². The van der Waals surface area contributed by atoms with E-state index in [9.17, 15) is 8.42 Å². The third-order valence-corrected chi connectivity index (χ3v) is 2.77. The third kappa shape index (κ3) is 4.91. The summed E-state index contributed by atoms with van der Waals surface area (Å²) in [6.07, 6.45) is 3.22. The van der Waals surface area contributed by atoms with Crippen LogP contribution in [0.15, 0.2) is 12.4 Å². The number of nitrogens with zero attached hydrogens (tertiary/aromatic N) is 1. The van der Waals surface area contributed by atoms with Gasteiger partial charge in [-0.2, -0.15) is 18.2 Å². The van der Waals surface area contributed by atoms with Crippen molar-refractivity contribution in [1.82, 2.24) is 19.6 Å². The van der Waals surface area contributed by atoms with Crippen LogP contribution in [0.3, 0.4) is 0 Å². The molecule has 0 saturated carbocycles. The van der Waals surface area contributed by atoms with Gasteiger partial charge in [-0.05, 0) is 5.92 Å². The first-order chi connectivity index (χ1) is 6.99. The number of aromatic nitrogens is 2. The molecule has 3 N–H and O–H groups in total. The Morgan fingerprint density at radius 3 is 2.73 bits per heavy atom. The molecule has 0 aliphatic carbocycles. The molecule has 1 aromatic rings. The molecule has 6 nitrogen and oxygen atoms in total. The van der Waals surface area contributed by atoms with E-state index in [-0.39, 0.29) is 12.5 Å². The standard InChI is InChI=1S/C8H16N4O2S/c1-7(2)3-11-15(13,14)12-6-8-4-9-10-5-8/h4-5,7,11-12H,3,6H2,1-2H3,(H,9,10). The van der Waals surface area contributed by atoms with E-state index in [1.807, 2.05) is 13.8 Å². The fourth-order valence-electron chi connectivity index (χ4n) is 0.880. The highest BCUT2D eigenvalue weighted by atomic mass is 32.2. The normalized spacial score (nSPS) is 12.2. The van der Waals surface area contributed by atoms with Gasteiger partial charge in [0, 0.05) is 24.8 Å². The van der Waals surface area contributed by atoms with E-state index in [4.69, 9.17) is 0 Å². The molecule has 0 aromatic carbocycles. The summed E-state index contributed by atoms with van der Waals surface area (Å²) in [6.45, 7) is 4.56. The first kappa shape index (κ1) is 12.2. The van der Waals surface area contributed by atoms with Gasteiger partial charge in [0.25, 0.3) is 10.2 Å². The van der Waals surface area contributed by atoms with Crippen molar-refractivity contribution in [3.8, 4) is 0 Å². The minimum atomic E-state index is -3.39. The van der Waals surface area contributed by atoms with E-state index >= 15 is 0 Å². The lowest BCUT2D eigenvalue weighted by Crippen LogP contribution is -2.37. The van der Waals surface area contributed by atoms with Gasteiger partial charge < -0.3 is 0 Å². The van der Waals surface area contributed by atoms with Gasteiger partial charge in [-0.25, -0.2) is 4.72 Å². The van der Waals surface area contributed by atoms with Crippen LogP contribution in [0.25, 0.3) is 0 Å². The number of aromatic amines is 1. The average Bonchev–Trinajstić information content (AvgIpc) is 2.65. The lowest BCUT2D eigenvalue weighted by atomic mass is 10.2. The number of hydrogen-bond donors (Lipinski definition) is 3. The van der Waals surface area contributed by atoms with Crippen molar-refractivity contribution in [2.45, 2.75) is 20.4 Å². The molecule has 0 bridgehead atoms. The average molecular weight is 232 g/mol. The Kier molecular flexibility index (Phi) is 4.25. The summed E-state index contributed by atoms with van der Waals surface area (Å²) in [5.41, 5.74) is 0.796. The smallest absolute Gasteiger partial charge is 0.277 e. The van der Waals surface area contributed by atoms with Crippen LogP contribution in [0, 0.1) is 5.92 Å². The lowest BCUT2D eigenvalue weighted by Gasteiger charge is -2.08. The van der Waals surface area contributed by atoms with Crippen molar-refractivity contribution in [1.29, 1.82) is 0 Å². The SMILES string of the molecule is CC(C)CNS(=O)(=O)NCc1cn[nH]c1. The molecule has 7 heteroatoms. The number of H-pyrrole nitrogens is 1. The molecule has 0 fully saturated rings. The highest BCUT2D eigenvalue weighted by Gasteiger charge is 2.09. The Hall–Kier alpha value is -0.920. The van der Waals surface area contributed by atoms with Gasteiger partial charge in [-0.1, -0.05) is 13.8 Å². The van der Waals surface area contributed by atoms with Gasteiger partial charge in [0.15, 0.2) is 0 Å². The summed E-state index contributed by atoms with van der Waals surface area (Å²) in [7, 11) is -3.39. The molecule has 0 aliphatic heterocycles. The molecule has 0 spiro atoms. The first-order valence-corrected chi connectivity index (χ1v) is 6.20. The molecule has 1 aromatic heterocycles. The monoisotopic (exact) mass is 232 g/mol. The molecule has 15 heavy (non-hydrogen) atoms. The van der Waals surface area contributed by atoms with E-state index in [1.165, 1.54) is 0 Å². The quantitative estimate of drug-likeness (QED) is 0.644. The van der Waals surface area contributed by atoms with E-state index in [1.54, 1.807) is 12.4 Å². The van der Waals surface area contributed by atoms with Crippen LogP contribution >= 0.6 is 0 Å². The zero-order valence-electron chi connectivity index (χ0n) is 8.82. The molecule has 1 rings (SSSR count). The van der Waals surface area contributed by atoms with E-state index in [2.05, 4.69) is 19.6 Å². The van der Waals surface area contributed by atoms with Gasteiger partial charge in [0.05, 0.1) is 6.20 Å². The van der Waals surface area contributed by atoms with Crippen LogP contribution < -0.4 is 9.44 Å². The molecule has 0 atom stereocenters. The second-order valence-corrected chi connectivity index (χ2v) is 5.26. The minimum absolute atomic E-state index is 0.240. The molecule has 0 unspecified atom stereocenters. The number of rotatable bonds is 6. The molecule has 0 saturated heterocycles. The molecule has 0 radical (unpaired) electrons. The largest absolute Gasteiger partial charge is 0.285 e. The Morgan fingerprint density at radius 1 is 1.47 bits per heavy atom. The first-order valence-electron chi connectivity index (χ1n) is 4.71. The maximum atomic E-state index is 11.4. The van der Waals surface area contributed by atoms with Crippen LogP contribution in [-0.4, -0.2) is 25.2 Å². The predicted molar refractivity (Wildman–Crippen MR) is 57.2 cm³/mol. The Bertz CT molecular complexity index is 371. The van der Waals surface area contributed by atoms with Crippen LogP contribution in [0.2, 0.25) is 0 Å². The lowest BCUT2D eigenvalue weighted by molar-refractivity contribution is 0.547. The molecule has 0 aliphatic rings. The highest BCUT2D eigenvalue weighted by molar-refractivity contribution is 7.87. The highest BCUT2D eigenvalue weighted by Crippen LogP contribution is 1.94. The Balaban J connectivity index is 2.37. The molecule has 0 amide bonds. The fraction of sp³-hybridized carbons (Fsp3) is 0.625. The van der Waals surface area contributed by atoms with E-state index in [0.717, 1.165) is 5.56 Å². The number of nitrogens with one attached hydrogen (secondary N) is 3. The van der Waals surface area contributed by atoms with Crippen molar-refractivity contribution in [3.05, 3.63) is 18.0 Å². The summed E-state index contributed by atoms with van der Waals surface area (Å²) in [6, 6.07) is 0. The van der Waals surface area contributed by atoms with Crippen molar-refractivity contribution < 1.29 is 8.42 Å². The van der Waals surface area contributed by atoms with Crippen LogP contribution in [-0.2, 0) is 16.8 Å². The molecule has 1 heterocycles. The number of hydrogen-bond acceptors (Lipinski definition) is 3. The predicted octanol–water partition coefficient (Wildman–Crippen LogP) is -0.0103. The third-order valence-electron chi connectivity index (χ3n) is 1.70. The summed E-state index contributed by atoms with van der Waals surface area (Å²) in [5.74, 6) is 0.288. The maximum Gasteiger partial charge on any atom is 0.277 e. The second kappa shape index (κ2) is 5.24. The zero-order chi connectivity index (χ0) is 11.3. The molecule has 86 valence electrons. The topological polar surface area (TPSA) is 86.9 Å². The summed E-state index contributed by atoms with van der Waals surface area (Å²) >= 11 is 0. The van der Waals surface area contributed by atoms with E-state index in [0.29, 0.717) is 6.54 Å². The van der Waals surface area contributed by atoms with E-state index < -0.39 is 10.2 Å². The summed E-state index contributed by atoms with van der Waals surface area (Å²) in [5, 5.41) is 6.33. The molecular weight excluding hydrogens is 216 g/mol. The second-order valence-electron chi connectivity index (χ2n) is 3.67. The zero-order valence-corrected chi connectivity index (χ0v) is 9.63. The van der Waals surface area contributed by atoms with Crippen LogP contribution in [0.1, 0.15) is 19.4 Å². The van der Waals surface area contributed by atoms with Gasteiger partial charge in [-0.3, -0.25) is 5.10 Å². The van der Waals surface area contributed by atoms with Crippen LogP contribution in [0.5, 0.6) is 0 Å². The summed E-state index contributed by atoms with van der Waals surface area (Å²) in [4.78, 5) is 0. The van der Waals surface area contributed by atoms with Crippen molar-refractivity contribution in [3.63, 3.8) is 0 Å². The fourth-order valence-corrected chi connectivity index (χ4v) is 1.89. The van der Waals surface area contributed by atoms with Gasteiger partial charge in [-0.15, -0.1) is 0 Å².